The molecule has 0 saturated heterocycles. The van der Waals surface area contributed by atoms with E-state index in [1.165, 1.54) is 7.11 Å². The molecule has 1 atom stereocenters. The molecule has 0 aliphatic heterocycles. The van der Waals surface area contributed by atoms with Gasteiger partial charge in [-0.05, 0) is 18.6 Å². The number of phenolic OH excluding ortho intramolecular Hbond substituents is 1. The zero-order valence-electron chi connectivity index (χ0n) is 10.8. The van der Waals surface area contributed by atoms with Crippen LogP contribution in [0.1, 0.15) is 30.1 Å². The van der Waals surface area contributed by atoms with Gasteiger partial charge in [-0.25, -0.2) is 0 Å². The molecule has 0 heterocycles. The van der Waals surface area contributed by atoms with Crippen LogP contribution < -0.4 is 15.8 Å². The summed E-state index contributed by atoms with van der Waals surface area (Å²) in [7, 11) is 1.44. The SMILES string of the molecule is CCCC(N)CNC(=O)c1cccc(OC)c1O. The zero-order valence-corrected chi connectivity index (χ0v) is 10.8. The van der Waals surface area contributed by atoms with Gasteiger partial charge >= 0.3 is 0 Å². The minimum atomic E-state index is -0.349. The number of hydrogen-bond donors (Lipinski definition) is 3. The van der Waals surface area contributed by atoms with Crippen molar-refractivity contribution in [2.45, 2.75) is 25.8 Å². The third kappa shape index (κ3) is 3.63. The molecule has 18 heavy (non-hydrogen) atoms. The summed E-state index contributed by atoms with van der Waals surface area (Å²) in [6.07, 6.45) is 1.83. The van der Waals surface area contributed by atoms with Crippen molar-refractivity contribution in [2.75, 3.05) is 13.7 Å². The van der Waals surface area contributed by atoms with Crippen LogP contribution in [0.4, 0.5) is 0 Å². The van der Waals surface area contributed by atoms with Crippen LogP contribution in [0.3, 0.4) is 0 Å². The Bertz CT molecular complexity index is 407. The van der Waals surface area contributed by atoms with Gasteiger partial charge in [-0.3, -0.25) is 4.79 Å². The van der Waals surface area contributed by atoms with Gasteiger partial charge in [0.05, 0.1) is 12.7 Å². The molecule has 1 amide bonds. The summed E-state index contributed by atoms with van der Waals surface area (Å²) in [5.41, 5.74) is 6.00. The van der Waals surface area contributed by atoms with Crippen LogP contribution in [-0.2, 0) is 0 Å². The van der Waals surface area contributed by atoms with Crippen LogP contribution in [0.25, 0.3) is 0 Å². The van der Waals surface area contributed by atoms with Crippen LogP contribution in [0.5, 0.6) is 11.5 Å². The maximum atomic E-state index is 11.9. The fourth-order valence-electron chi connectivity index (χ4n) is 1.66. The lowest BCUT2D eigenvalue weighted by atomic mass is 10.1. The Hall–Kier alpha value is -1.75. The van der Waals surface area contributed by atoms with Crippen molar-refractivity contribution in [3.8, 4) is 11.5 Å². The van der Waals surface area contributed by atoms with Crippen LogP contribution in [0, 0.1) is 0 Å². The summed E-state index contributed by atoms with van der Waals surface area (Å²) in [5, 5.41) is 12.5. The molecule has 0 aliphatic rings. The number of benzene rings is 1. The molecular weight excluding hydrogens is 232 g/mol. The van der Waals surface area contributed by atoms with Crippen LogP contribution in [0.2, 0.25) is 0 Å². The molecule has 0 aliphatic carbocycles. The van der Waals surface area contributed by atoms with Crippen LogP contribution in [-0.4, -0.2) is 30.7 Å². The minimum absolute atomic E-state index is 0.0632. The first-order chi connectivity index (χ1) is 8.60. The number of ether oxygens (including phenoxy) is 1. The number of carbonyl (C=O) groups excluding carboxylic acids is 1. The Kier molecular flexibility index (Phi) is 5.45. The molecule has 0 fully saturated rings. The monoisotopic (exact) mass is 252 g/mol. The van der Waals surface area contributed by atoms with Crippen molar-refractivity contribution in [1.82, 2.24) is 5.32 Å². The van der Waals surface area contributed by atoms with E-state index in [-0.39, 0.29) is 29.0 Å². The lowest BCUT2D eigenvalue weighted by Crippen LogP contribution is -2.37. The third-order valence-electron chi connectivity index (χ3n) is 2.65. The molecule has 1 aromatic rings. The second kappa shape index (κ2) is 6.86. The number of amides is 1. The van der Waals surface area contributed by atoms with Crippen LogP contribution >= 0.6 is 0 Å². The van der Waals surface area contributed by atoms with Crippen molar-refractivity contribution in [1.29, 1.82) is 0 Å². The van der Waals surface area contributed by atoms with Crippen molar-refractivity contribution in [3.05, 3.63) is 23.8 Å². The molecular formula is C13H20N2O3. The average Bonchev–Trinajstić information content (AvgIpc) is 2.36. The highest BCUT2D eigenvalue weighted by atomic mass is 16.5. The summed E-state index contributed by atoms with van der Waals surface area (Å²) < 4.78 is 4.95. The lowest BCUT2D eigenvalue weighted by Gasteiger charge is -2.13. The zero-order chi connectivity index (χ0) is 13.5. The topological polar surface area (TPSA) is 84.6 Å². The molecule has 4 N–H and O–H groups in total. The quantitative estimate of drug-likeness (QED) is 0.711. The van der Waals surface area contributed by atoms with E-state index in [1.807, 2.05) is 6.92 Å². The smallest absolute Gasteiger partial charge is 0.255 e. The predicted molar refractivity (Wildman–Crippen MR) is 69.9 cm³/mol. The van der Waals surface area contributed by atoms with Gasteiger partial charge in [-0.2, -0.15) is 0 Å². The Labute approximate surface area is 107 Å². The van der Waals surface area contributed by atoms with Gasteiger partial charge in [0.15, 0.2) is 11.5 Å². The lowest BCUT2D eigenvalue weighted by molar-refractivity contribution is 0.0947. The number of nitrogens with two attached hydrogens (primary N) is 1. The summed E-state index contributed by atoms with van der Waals surface area (Å²) in [6, 6.07) is 4.72. The highest BCUT2D eigenvalue weighted by Gasteiger charge is 2.15. The van der Waals surface area contributed by atoms with Gasteiger partial charge < -0.3 is 20.9 Å². The van der Waals surface area contributed by atoms with Crippen molar-refractivity contribution in [2.24, 2.45) is 5.73 Å². The van der Waals surface area contributed by atoms with Gasteiger partial charge in [0.2, 0.25) is 0 Å². The first-order valence-corrected chi connectivity index (χ1v) is 5.99. The molecule has 100 valence electrons. The number of phenols is 1. The molecule has 1 rings (SSSR count). The van der Waals surface area contributed by atoms with Gasteiger partial charge in [0.1, 0.15) is 0 Å². The fourth-order valence-corrected chi connectivity index (χ4v) is 1.66. The summed E-state index contributed by atoms with van der Waals surface area (Å²) >= 11 is 0. The number of hydrogen-bond acceptors (Lipinski definition) is 4. The molecule has 0 bridgehead atoms. The third-order valence-corrected chi connectivity index (χ3v) is 2.65. The first kappa shape index (κ1) is 14.3. The second-order valence-corrected chi connectivity index (χ2v) is 4.12. The highest BCUT2D eigenvalue weighted by molar-refractivity contribution is 5.97. The van der Waals surface area contributed by atoms with E-state index in [9.17, 15) is 9.90 Å². The fraction of sp³-hybridized carbons (Fsp3) is 0.462. The molecule has 0 saturated carbocycles. The molecule has 1 aromatic carbocycles. The highest BCUT2D eigenvalue weighted by Crippen LogP contribution is 2.29. The van der Waals surface area contributed by atoms with Gasteiger partial charge in [0.25, 0.3) is 5.91 Å². The van der Waals surface area contributed by atoms with Gasteiger partial charge in [-0.1, -0.05) is 19.4 Å². The van der Waals surface area contributed by atoms with Gasteiger partial charge in [0, 0.05) is 12.6 Å². The second-order valence-electron chi connectivity index (χ2n) is 4.12. The normalized spacial score (nSPS) is 11.9. The molecule has 0 radical (unpaired) electrons. The summed E-state index contributed by atoms with van der Waals surface area (Å²) in [4.78, 5) is 11.9. The number of nitrogens with one attached hydrogen (secondary N) is 1. The molecule has 0 spiro atoms. The Balaban J connectivity index is 2.67. The van der Waals surface area contributed by atoms with Crippen LogP contribution in [0.15, 0.2) is 18.2 Å². The number of carbonyl (C=O) groups is 1. The summed E-state index contributed by atoms with van der Waals surface area (Å²) in [6.45, 7) is 2.43. The van der Waals surface area contributed by atoms with E-state index in [0.29, 0.717) is 6.54 Å². The summed E-state index contributed by atoms with van der Waals surface area (Å²) in [5.74, 6) is -0.222. The van der Waals surface area contributed by atoms with Gasteiger partial charge in [-0.15, -0.1) is 0 Å². The molecule has 5 heteroatoms. The maximum Gasteiger partial charge on any atom is 0.255 e. The molecule has 1 unspecified atom stereocenters. The average molecular weight is 252 g/mol. The molecule has 0 aromatic heterocycles. The van der Waals surface area contributed by atoms with E-state index < -0.39 is 0 Å². The predicted octanol–water partition coefficient (Wildman–Crippen LogP) is 1.26. The van der Waals surface area contributed by atoms with E-state index in [0.717, 1.165) is 12.8 Å². The number of aromatic hydroxyl groups is 1. The van der Waals surface area contributed by atoms with Crippen molar-refractivity contribution >= 4 is 5.91 Å². The number of para-hydroxylation sites is 1. The number of rotatable bonds is 6. The minimum Gasteiger partial charge on any atom is -0.504 e. The van der Waals surface area contributed by atoms with E-state index in [4.69, 9.17) is 10.5 Å². The Morgan fingerprint density at radius 3 is 2.89 bits per heavy atom. The first-order valence-electron chi connectivity index (χ1n) is 5.99. The van der Waals surface area contributed by atoms with E-state index in [2.05, 4.69) is 5.32 Å². The van der Waals surface area contributed by atoms with E-state index in [1.54, 1.807) is 18.2 Å². The molecule has 5 nitrogen and oxygen atoms in total. The maximum absolute atomic E-state index is 11.9. The standard InChI is InChI=1S/C13H20N2O3/c1-3-5-9(14)8-15-13(17)10-6-4-7-11(18-2)12(10)16/h4,6-7,9,16H,3,5,8,14H2,1-2H3,(H,15,17). The van der Waals surface area contributed by atoms with E-state index >= 15 is 0 Å². The van der Waals surface area contributed by atoms with Crippen molar-refractivity contribution < 1.29 is 14.6 Å². The Morgan fingerprint density at radius 2 is 2.28 bits per heavy atom. The number of methoxy groups -OCH3 is 1. The largest absolute Gasteiger partial charge is 0.504 e. The Morgan fingerprint density at radius 1 is 1.56 bits per heavy atom. The van der Waals surface area contributed by atoms with Crippen molar-refractivity contribution in [3.63, 3.8) is 0 Å².